The molecule has 0 spiro atoms. The van der Waals surface area contributed by atoms with Gasteiger partial charge >= 0.3 is 0 Å². The van der Waals surface area contributed by atoms with Crippen LogP contribution in [0.4, 0.5) is 5.69 Å². The Kier molecular flexibility index (Phi) is 4.50. The Morgan fingerprint density at radius 3 is 2.68 bits per heavy atom. The SMILES string of the molecule is CC1CCCCC1N(C)C(=O)c1ccc(N)c(Br)c1. The topological polar surface area (TPSA) is 46.3 Å². The van der Waals surface area contributed by atoms with Gasteiger partial charge in [0.15, 0.2) is 0 Å². The molecule has 2 unspecified atom stereocenters. The first-order valence-corrected chi connectivity index (χ1v) is 7.62. The summed E-state index contributed by atoms with van der Waals surface area (Å²) in [7, 11) is 1.92. The van der Waals surface area contributed by atoms with E-state index >= 15 is 0 Å². The summed E-state index contributed by atoms with van der Waals surface area (Å²) < 4.78 is 0.781. The van der Waals surface area contributed by atoms with Crippen LogP contribution in [0.2, 0.25) is 0 Å². The van der Waals surface area contributed by atoms with Gasteiger partial charge in [0.1, 0.15) is 0 Å². The van der Waals surface area contributed by atoms with Gasteiger partial charge in [0, 0.05) is 28.8 Å². The Bertz CT molecular complexity index is 475. The minimum Gasteiger partial charge on any atom is -0.398 e. The van der Waals surface area contributed by atoms with Crippen molar-refractivity contribution in [1.29, 1.82) is 0 Å². The molecular formula is C15H21BrN2O. The molecule has 1 aliphatic rings. The van der Waals surface area contributed by atoms with Crippen molar-refractivity contribution in [2.45, 2.75) is 38.6 Å². The first-order chi connectivity index (χ1) is 9.00. The fourth-order valence-corrected chi connectivity index (χ4v) is 3.27. The molecular weight excluding hydrogens is 304 g/mol. The van der Waals surface area contributed by atoms with Gasteiger partial charge in [-0.25, -0.2) is 0 Å². The highest BCUT2D eigenvalue weighted by molar-refractivity contribution is 9.10. The highest BCUT2D eigenvalue weighted by atomic mass is 79.9. The molecule has 0 aliphatic heterocycles. The summed E-state index contributed by atoms with van der Waals surface area (Å²) in [4.78, 5) is 14.4. The quantitative estimate of drug-likeness (QED) is 0.843. The monoisotopic (exact) mass is 324 g/mol. The van der Waals surface area contributed by atoms with Crippen LogP contribution in [-0.2, 0) is 0 Å². The molecule has 1 saturated carbocycles. The lowest BCUT2D eigenvalue weighted by Crippen LogP contribution is -2.42. The summed E-state index contributed by atoms with van der Waals surface area (Å²) in [6.45, 7) is 2.24. The van der Waals surface area contributed by atoms with E-state index in [-0.39, 0.29) is 5.91 Å². The number of anilines is 1. The van der Waals surface area contributed by atoms with Gasteiger partial charge in [-0.05, 0) is 52.9 Å². The summed E-state index contributed by atoms with van der Waals surface area (Å²) in [5.74, 6) is 0.666. The van der Waals surface area contributed by atoms with Gasteiger partial charge in [0.2, 0.25) is 0 Å². The Morgan fingerprint density at radius 2 is 2.05 bits per heavy atom. The highest BCUT2D eigenvalue weighted by Crippen LogP contribution is 2.29. The summed E-state index contributed by atoms with van der Waals surface area (Å²) in [6, 6.07) is 5.74. The molecule has 1 aliphatic carbocycles. The van der Waals surface area contributed by atoms with Crippen molar-refractivity contribution >= 4 is 27.5 Å². The predicted octanol–water partition coefficient (Wildman–Crippen LogP) is 3.68. The number of nitrogens with two attached hydrogens (primary N) is 1. The molecule has 4 heteroatoms. The van der Waals surface area contributed by atoms with Crippen LogP contribution in [0.25, 0.3) is 0 Å². The summed E-state index contributed by atoms with van der Waals surface area (Å²) in [5, 5.41) is 0. The van der Waals surface area contributed by atoms with E-state index in [4.69, 9.17) is 5.73 Å². The zero-order valence-electron chi connectivity index (χ0n) is 11.5. The van der Waals surface area contributed by atoms with Crippen LogP contribution < -0.4 is 5.73 Å². The third-order valence-corrected chi connectivity index (χ3v) is 4.82. The van der Waals surface area contributed by atoms with Crippen LogP contribution in [0.1, 0.15) is 43.0 Å². The number of halogens is 1. The van der Waals surface area contributed by atoms with Crippen molar-refractivity contribution in [1.82, 2.24) is 4.90 Å². The molecule has 0 radical (unpaired) electrons. The standard InChI is InChI=1S/C15H21BrN2O/c1-10-5-3-4-6-14(10)18(2)15(19)11-7-8-13(17)12(16)9-11/h7-10,14H,3-6,17H2,1-2H3. The predicted molar refractivity (Wildman–Crippen MR) is 82.1 cm³/mol. The first-order valence-electron chi connectivity index (χ1n) is 6.83. The van der Waals surface area contributed by atoms with Crippen molar-refractivity contribution in [3.63, 3.8) is 0 Å². The van der Waals surface area contributed by atoms with Gasteiger partial charge in [-0.3, -0.25) is 4.79 Å². The number of carbonyl (C=O) groups is 1. The van der Waals surface area contributed by atoms with E-state index in [1.54, 1.807) is 12.1 Å². The van der Waals surface area contributed by atoms with Crippen LogP contribution in [0.3, 0.4) is 0 Å². The molecule has 2 N–H and O–H groups in total. The third kappa shape index (κ3) is 3.11. The van der Waals surface area contributed by atoms with Crippen LogP contribution in [0.5, 0.6) is 0 Å². The molecule has 2 rings (SSSR count). The number of hydrogen-bond donors (Lipinski definition) is 1. The molecule has 0 heterocycles. The van der Waals surface area contributed by atoms with Crippen molar-refractivity contribution in [2.24, 2.45) is 5.92 Å². The summed E-state index contributed by atoms with van der Waals surface area (Å²) in [6.07, 6.45) is 4.83. The zero-order chi connectivity index (χ0) is 14.0. The van der Waals surface area contributed by atoms with Gasteiger partial charge < -0.3 is 10.6 Å². The molecule has 1 amide bonds. The lowest BCUT2D eigenvalue weighted by Gasteiger charge is -2.36. The van der Waals surface area contributed by atoms with Crippen molar-refractivity contribution in [3.05, 3.63) is 28.2 Å². The molecule has 104 valence electrons. The first kappa shape index (κ1) is 14.4. The molecule has 0 bridgehead atoms. The lowest BCUT2D eigenvalue weighted by atomic mass is 9.85. The minimum absolute atomic E-state index is 0.0828. The number of amides is 1. The average Bonchev–Trinajstić information content (AvgIpc) is 2.41. The van der Waals surface area contributed by atoms with Gasteiger partial charge in [-0.2, -0.15) is 0 Å². The molecule has 1 aromatic carbocycles. The molecule has 2 atom stereocenters. The Morgan fingerprint density at radius 1 is 1.37 bits per heavy atom. The van der Waals surface area contributed by atoms with E-state index in [0.29, 0.717) is 23.2 Å². The zero-order valence-corrected chi connectivity index (χ0v) is 13.1. The van der Waals surface area contributed by atoms with E-state index < -0.39 is 0 Å². The van der Waals surface area contributed by atoms with Crippen LogP contribution in [0.15, 0.2) is 22.7 Å². The summed E-state index contributed by atoms with van der Waals surface area (Å²) in [5.41, 5.74) is 7.11. The fourth-order valence-electron chi connectivity index (χ4n) is 2.89. The number of nitrogens with zero attached hydrogens (tertiary/aromatic N) is 1. The second-order valence-corrected chi connectivity index (χ2v) is 6.34. The van der Waals surface area contributed by atoms with E-state index in [1.807, 2.05) is 18.0 Å². The Hall–Kier alpha value is -1.03. The maximum atomic E-state index is 12.5. The van der Waals surface area contributed by atoms with Crippen LogP contribution >= 0.6 is 15.9 Å². The fraction of sp³-hybridized carbons (Fsp3) is 0.533. The van der Waals surface area contributed by atoms with E-state index in [9.17, 15) is 4.79 Å². The van der Waals surface area contributed by atoms with E-state index in [2.05, 4.69) is 22.9 Å². The van der Waals surface area contributed by atoms with Crippen molar-refractivity contribution in [3.8, 4) is 0 Å². The van der Waals surface area contributed by atoms with Crippen molar-refractivity contribution in [2.75, 3.05) is 12.8 Å². The Balaban J connectivity index is 2.15. The second kappa shape index (κ2) is 5.95. The number of nitrogen functional groups attached to an aromatic ring is 1. The molecule has 19 heavy (non-hydrogen) atoms. The second-order valence-electron chi connectivity index (χ2n) is 5.48. The van der Waals surface area contributed by atoms with Crippen LogP contribution in [0, 0.1) is 5.92 Å². The maximum absolute atomic E-state index is 12.5. The molecule has 0 aromatic heterocycles. The molecule has 1 aromatic rings. The Labute approximate surface area is 123 Å². The summed E-state index contributed by atoms with van der Waals surface area (Å²) >= 11 is 3.38. The average molecular weight is 325 g/mol. The van der Waals surface area contributed by atoms with Gasteiger partial charge in [0.25, 0.3) is 5.91 Å². The smallest absolute Gasteiger partial charge is 0.253 e. The van der Waals surface area contributed by atoms with E-state index in [1.165, 1.54) is 19.3 Å². The molecule has 0 saturated heterocycles. The van der Waals surface area contributed by atoms with Gasteiger partial charge in [-0.15, -0.1) is 0 Å². The number of hydrogen-bond acceptors (Lipinski definition) is 2. The number of benzene rings is 1. The van der Waals surface area contributed by atoms with Gasteiger partial charge in [-0.1, -0.05) is 19.8 Å². The lowest BCUT2D eigenvalue weighted by molar-refractivity contribution is 0.0629. The normalized spacial score (nSPS) is 23.1. The van der Waals surface area contributed by atoms with E-state index in [0.717, 1.165) is 10.9 Å². The third-order valence-electron chi connectivity index (χ3n) is 4.13. The molecule has 1 fully saturated rings. The number of rotatable bonds is 2. The van der Waals surface area contributed by atoms with Crippen molar-refractivity contribution < 1.29 is 4.79 Å². The van der Waals surface area contributed by atoms with Crippen LogP contribution in [-0.4, -0.2) is 23.9 Å². The number of carbonyl (C=O) groups excluding carboxylic acids is 1. The molecule has 3 nitrogen and oxygen atoms in total. The minimum atomic E-state index is 0.0828. The largest absolute Gasteiger partial charge is 0.398 e. The van der Waals surface area contributed by atoms with Gasteiger partial charge in [0.05, 0.1) is 0 Å². The highest BCUT2D eigenvalue weighted by Gasteiger charge is 2.28. The maximum Gasteiger partial charge on any atom is 0.253 e.